The molecule has 0 radical (unpaired) electrons. The molecule has 18 heavy (non-hydrogen) atoms. The van der Waals surface area contributed by atoms with Crippen LogP contribution in [0.4, 0.5) is 0 Å². The fraction of sp³-hybridized carbons (Fsp3) is 0.231. The molecular weight excluding hydrogens is 268 g/mol. The Labute approximate surface area is 115 Å². The molecule has 0 saturated heterocycles. The van der Waals surface area contributed by atoms with Crippen molar-refractivity contribution in [2.75, 3.05) is 6.54 Å². The highest BCUT2D eigenvalue weighted by molar-refractivity contribution is 7.15. The van der Waals surface area contributed by atoms with Gasteiger partial charge in [-0.05, 0) is 18.9 Å². The minimum absolute atomic E-state index is 0.161. The van der Waals surface area contributed by atoms with Crippen molar-refractivity contribution < 1.29 is 4.79 Å². The first kappa shape index (κ1) is 13.1. The topological polar surface area (TPSA) is 42.0 Å². The third kappa shape index (κ3) is 3.31. The van der Waals surface area contributed by atoms with E-state index in [2.05, 4.69) is 10.3 Å². The molecule has 1 aromatic carbocycles. The average molecular weight is 281 g/mol. The number of hydrogen-bond acceptors (Lipinski definition) is 3. The predicted octanol–water partition coefficient (Wildman–Crippen LogP) is 3.08. The SMILES string of the molecule is Cc1sc(Cl)nc1C(=O)NCCc1ccccc1. The van der Waals surface area contributed by atoms with Crippen molar-refractivity contribution in [2.45, 2.75) is 13.3 Å². The van der Waals surface area contributed by atoms with Crippen molar-refractivity contribution in [1.82, 2.24) is 10.3 Å². The van der Waals surface area contributed by atoms with E-state index in [9.17, 15) is 4.79 Å². The Morgan fingerprint density at radius 2 is 2.11 bits per heavy atom. The maximum atomic E-state index is 11.8. The smallest absolute Gasteiger partial charge is 0.271 e. The number of aryl methyl sites for hydroxylation is 1. The fourth-order valence-corrected chi connectivity index (χ4v) is 2.68. The van der Waals surface area contributed by atoms with Crippen LogP contribution in [0.5, 0.6) is 0 Å². The lowest BCUT2D eigenvalue weighted by atomic mass is 10.1. The number of amides is 1. The molecular formula is C13H13ClN2OS. The van der Waals surface area contributed by atoms with Crippen LogP contribution in [-0.2, 0) is 6.42 Å². The van der Waals surface area contributed by atoms with E-state index < -0.39 is 0 Å². The van der Waals surface area contributed by atoms with Gasteiger partial charge in [0.25, 0.3) is 5.91 Å². The van der Waals surface area contributed by atoms with Crippen LogP contribution in [0.3, 0.4) is 0 Å². The van der Waals surface area contributed by atoms with Crippen LogP contribution in [0.25, 0.3) is 0 Å². The summed E-state index contributed by atoms with van der Waals surface area (Å²) in [5.74, 6) is -0.161. The second kappa shape index (κ2) is 5.98. The molecule has 1 amide bonds. The molecule has 2 aromatic rings. The minimum Gasteiger partial charge on any atom is -0.350 e. The van der Waals surface area contributed by atoms with Crippen LogP contribution in [0.15, 0.2) is 30.3 Å². The molecule has 0 fully saturated rings. The van der Waals surface area contributed by atoms with E-state index in [1.165, 1.54) is 16.9 Å². The molecule has 0 saturated carbocycles. The van der Waals surface area contributed by atoms with E-state index >= 15 is 0 Å². The van der Waals surface area contributed by atoms with Crippen LogP contribution >= 0.6 is 22.9 Å². The number of hydrogen-bond donors (Lipinski definition) is 1. The van der Waals surface area contributed by atoms with Crippen molar-refractivity contribution >= 4 is 28.8 Å². The van der Waals surface area contributed by atoms with Crippen molar-refractivity contribution in [3.05, 3.63) is 50.9 Å². The Kier molecular flexibility index (Phi) is 4.33. The van der Waals surface area contributed by atoms with Crippen LogP contribution in [0.2, 0.25) is 4.47 Å². The summed E-state index contributed by atoms with van der Waals surface area (Å²) in [4.78, 5) is 16.7. The van der Waals surface area contributed by atoms with Gasteiger partial charge < -0.3 is 5.32 Å². The second-order valence-electron chi connectivity index (χ2n) is 3.86. The maximum absolute atomic E-state index is 11.8. The van der Waals surface area contributed by atoms with E-state index in [0.29, 0.717) is 16.7 Å². The lowest BCUT2D eigenvalue weighted by Gasteiger charge is -2.04. The van der Waals surface area contributed by atoms with Crippen molar-refractivity contribution in [1.29, 1.82) is 0 Å². The number of carbonyl (C=O) groups excluding carboxylic acids is 1. The summed E-state index contributed by atoms with van der Waals surface area (Å²) in [6, 6.07) is 10.0. The number of benzene rings is 1. The van der Waals surface area contributed by atoms with Gasteiger partial charge in [0.1, 0.15) is 5.69 Å². The summed E-state index contributed by atoms with van der Waals surface area (Å²) < 4.78 is 0.403. The van der Waals surface area contributed by atoms with E-state index in [4.69, 9.17) is 11.6 Å². The van der Waals surface area contributed by atoms with E-state index in [-0.39, 0.29) is 5.91 Å². The number of thiazole rings is 1. The van der Waals surface area contributed by atoms with Crippen LogP contribution < -0.4 is 5.32 Å². The highest BCUT2D eigenvalue weighted by Gasteiger charge is 2.13. The fourth-order valence-electron chi connectivity index (χ4n) is 1.62. The average Bonchev–Trinajstić information content (AvgIpc) is 2.70. The summed E-state index contributed by atoms with van der Waals surface area (Å²) in [7, 11) is 0. The van der Waals surface area contributed by atoms with Gasteiger partial charge >= 0.3 is 0 Å². The molecule has 1 aromatic heterocycles. The zero-order valence-corrected chi connectivity index (χ0v) is 11.5. The van der Waals surface area contributed by atoms with Crippen LogP contribution in [-0.4, -0.2) is 17.4 Å². The van der Waals surface area contributed by atoms with Gasteiger partial charge in [-0.15, -0.1) is 11.3 Å². The van der Waals surface area contributed by atoms with Gasteiger partial charge in [-0.25, -0.2) is 4.98 Å². The molecule has 5 heteroatoms. The van der Waals surface area contributed by atoms with Gasteiger partial charge in [0, 0.05) is 11.4 Å². The van der Waals surface area contributed by atoms with Gasteiger partial charge in [-0.1, -0.05) is 41.9 Å². The third-order valence-electron chi connectivity index (χ3n) is 2.53. The summed E-state index contributed by atoms with van der Waals surface area (Å²) in [6.45, 7) is 2.44. The van der Waals surface area contributed by atoms with Crippen molar-refractivity contribution in [3.8, 4) is 0 Å². The zero-order valence-electron chi connectivity index (χ0n) is 9.94. The monoisotopic (exact) mass is 280 g/mol. The molecule has 0 atom stereocenters. The molecule has 94 valence electrons. The quantitative estimate of drug-likeness (QED) is 0.935. The Morgan fingerprint density at radius 3 is 2.72 bits per heavy atom. The normalized spacial score (nSPS) is 10.3. The van der Waals surface area contributed by atoms with Gasteiger partial charge in [-0.2, -0.15) is 0 Å². The lowest BCUT2D eigenvalue weighted by molar-refractivity contribution is 0.0949. The van der Waals surface area contributed by atoms with Gasteiger partial charge in [0.2, 0.25) is 0 Å². The molecule has 0 aliphatic rings. The molecule has 1 heterocycles. The maximum Gasteiger partial charge on any atom is 0.271 e. The number of rotatable bonds is 4. The molecule has 0 aliphatic carbocycles. The van der Waals surface area contributed by atoms with Gasteiger partial charge in [-0.3, -0.25) is 4.79 Å². The van der Waals surface area contributed by atoms with E-state index in [1.807, 2.05) is 37.3 Å². The first-order valence-electron chi connectivity index (χ1n) is 5.62. The summed E-state index contributed by atoms with van der Waals surface area (Å²) >= 11 is 7.09. The largest absolute Gasteiger partial charge is 0.350 e. The number of carbonyl (C=O) groups is 1. The number of nitrogens with zero attached hydrogens (tertiary/aromatic N) is 1. The van der Waals surface area contributed by atoms with E-state index in [1.54, 1.807) is 0 Å². The number of aromatic nitrogens is 1. The molecule has 0 bridgehead atoms. The summed E-state index contributed by atoms with van der Waals surface area (Å²) in [5, 5.41) is 2.85. The zero-order chi connectivity index (χ0) is 13.0. The Balaban J connectivity index is 1.87. The third-order valence-corrected chi connectivity index (χ3v) is 3.60. The molecule has 0 aliphatic heterocycles. The standard InChI is InChI=1S/C13H13ClN2OS/c1-9-11(16-13(14)18-9)12(17)15-8-7-10-5-3-2-4-6-10/h2-6H,7-8H2,1H3,(H,15,17). The first-order chi connectivity index (χ1) is 8.66. The minimum atomic E-state index is -0.161. The van der Waals surface area contributed by atoms with Gasteiger partial charge in [0.05, 0.1) is 0 Å². The highest BCUT2D eigenvalue weighted by Crippen LogP contribution is 2.21. The molecule has 1 N–H and O–H groups in total. The molecule has 0 spiro atoms. The van der Waals surface area contributed by atoms with Crippen molar-refractivity contribution in [3.63, 3.8) is 0 Å². The second-order valence-corrected chi connectivity index (χ2v) is 5.65. The predicted molar refractivity (Wildman–Crippen MR) is 74.3 cm³/mol. The molecule has 2 rings (SSSR count). The molecule has 3 nitrogen and oxygen atoms in total. The van der Waals surface area contributed by atoms with E-state index in [0.717, 1.165) is 11.3 Å². The number of nitrogens with one attached hydrogen (secondary N) is 1. The van der Waals surface area contributed by atoms with Crippen LogP contribution in [0.1, 0.15) is 20.9 Å². The number of halogens is 1. The summed E-state index contributed by atoms with van der Waals surface area (Å²) in [6.07, 6.45) is 0.809. The Hall–Kier alpha value is -1.39. The van der Waals surface area contributed by atoms with Crippen LogP contribution in [0, 0.1) is 6.92 Å². The van der Waals surface area contributed by atoms with Gasteiger partial charge in [0.15, 0.2) is 4.47 Å². The molecule has 0 unspecified atom stereocenters. The Bertz CT molecular complexity index is 539. The van der Waals surface area contributed by atoms with Crippen molar-refractivity contribution in [2.24, 2.45) is 0 Å². The lowest BCUT2D eigenvalue weighted by Crippen LogP contribution is -2.26. The Morgan fingerprint density at radius 1 is 1.39 bits per heavy atom. The first-order valence-corrected chi connectivity index (χ1v) is 6.81. The summed E-state index contributed by atoms with van der Waals surface area (Å²) in [5.41, 5.74) is 1.63. The highest BCUT2D eigenvalue weighted by atomic mass is 35.5.